The van der Waals surface area contributed by atoms with Crippen LogP contribution in [0.5, 0.6) is 0 Å². The number of benzene rings is 11. The van der Waals surface area contributed by atoms with E-state index in [1.807, 2.05) is 0 Å². The Hall–Kier alpha value is -8.46. The number of hydrogen-bond acceptors (Lipinski definition) is 2. The molecule has 0 aliphatic carbocycles. The molecule has 2 nitrogen and oxygen atoms in total. The first-order valence-electron chi connectivity index (χ1n) is 21.9. The number of hydrogen-bond donors (Lipinski definition) is 0. The van der Waals surface area contributed by atoms with E-state index >= 15 is 0 Å². The number of para-hydroxylation sites is 2. The zero-order valence-electron chi connectivity index (χ0n) is 35.3. The van der Waals surface area contributed by atoms with Crippen LogP contribution < -0.4 is 9.80 Å². The highest BCUT2D eigenvalue weighted by atomic mass is 15.2. The molecular formula is C62H44N2. The van der Waals surface area contributed by atoms with Crippen LogP contribution in [0.3, 0.4) is 0 Å². The lowest BCUT2D eigenvalue weighted by Gasteiger charge is -2.28. The Labute approximate surface area is 375 Å². The first-order valence-corrected chi connectivity index (χ1v) is 21.9. The quantitative estimate of drug-likeness (QED) is 0.127. The Balaban J connectivity index is 1.02. The smallest absolute Gasteiger partial charge is 0.0463 e. The third-order valence-electron chi connectivity index (χ3n) is 12.2. The molecular weight excluding hydrogens is 773 g/mol. The van der Waals surface area contributed by atoms with Crippen molar-refractivity contribution in [2.75, 3.05) is 9.80 Å². The first kappa shape index (κ1) is 38.5. The minimum atomic E-state index is 1.07. The highest BCUT2D eigenvalue weighted by molar-refractivity contribution is 6.22. The predicted octanol–water partition coefficient (Wildman–Crippen LogP) is 17.6. The van der Waals surface area contributed by atoms with Gasteiger partial charge in [-0.15, -0.1) is 0 Å². The van der Waals surface area contributed by atoms with E-state index in [4.69, 9.17) is 0 Å². The third kappa shape index (κ3) is 7.38. The van der Waals surface area contributed by atoms with Gasteiger partial charge in [-0.3, -0.25) is 0 Å². The molecule has 0 fully saturated rings. The van der Waals surface area contributed by atoms with Crippen molar-refractivity contribution in [3.05, 3.63) is 267 Å². The van der Waals surface area contributed by atoms with E-state index < -0.39 is 0 Å². The minimum absolute atomic E-state index is 1.07. The molecule has 0 saturated carbocycles. The monoisotopic (exact) mass is 816 g/mol. The average Bonchev–Trinajstić information content (AvgIpc) is 3.38. The summed E-state index contributed by atoms with van der Waals surface area (Å²) in [5.74, 6) is 0. The molecule has 0 amide bonds. The summed E-state index contributed by atoms with van der Waals surface area (Å²) in [6.45, 7) is 0. The lowest BCUT2D eigenvalue weighted by Crippen LogP contribution is -2.12. The molecule has 0 spiro atoms. The van der Waals surface area contributed by atoms with E-state index in [0.29, 0.717) is 0 Å². The van der Waals surface area contributed by atoms with Gasteiger partial charge < -0.3 is 9.80 Å². The van der Waals surface area contributed by atoms with Crippen LogP contribution in [-0.2, 0) is 0 Å². The summed E-state index contributed by atoms with van der Waals surface area (Å²) in [6, 6.07) is 96.1. The van der Waals surface area contributed by atoms with Crippen molar-refractivity contribution in [3.8, 4) is 44.5 Å². The van der Waals surface area contributed by atoms with E-state index in [-0.39, 0.29) is 0 Å². The fourth-order valence-electron chi connectivity index (χ4n) is 9.23. The van der Waals surface area contributed by atoms with Gasteiger partial charge in [-0.25, -0.2) is 0 Å². The summed E-state index contributed by atoms with van der Waals surface area (Å²) in [4.78, 5) is 4.65. The molecule has 2 heteroatoms. The summed E-state index contributed by atoms with van der Waals surface area (Å²) >= 11 is 0. The highest BCUT2D eigenvalue weighted by Gasteiger charge is 2.19. The van der Waals surface area contributed by atoms with E-state index in [0.717, 1.165) is 39.7 Å². The van der Waals surface area contributed by atoms with Crippen LogP contribution in [0.15, 0.2) is 267 Å². The average molecular weight is 817 g/mol. The molecule has 11 aromatic carbocycles. The standard InChI is InChI=1S/C62H44N2/c1-6-18-45(19-7-1)46-30-35-53(36-31-46)64(56-41-39-55(40-42-56)63(51-24-12-4-13-25-51)52-26-14-5-15-27-52)54-37-32-47(33-38-54)50-34-43-59-60(44-50)62(49-22-10-3-11-23-49)58-29-17-16-28-57(58)61(59)48-20-8-2-9-21-48/h1-44H. The molecule has 0 atom stereocenters. The molecule has 11 aromatic rings. The van der Waals surface area contributed by atoms with Gasteiger partial charge in [-0.2, -0.15) is 0 Å². The largest absolute Gasteiger partial charge is 0.311 e. The van der Waals surface area contributed by atoms with E-state index in [9.17, 15) is 0 Å². The second-order valence-corrected chi connectivity index (χ2v) is 16.1. The SMILES string of the molecule is c1ccc(-c2ccc(N(c3ccc(-c4ccc5c(-c6ccccc6)c6ccccc6c(-c6ccccc6)c5c4)cc3)c3ccc(N(c4ccccc4)c4ccccc4)cc3)cc2)cc1. The van der Waals surface area contributed by atoms with Gasteiger partial charge in [0.2, 0.25) is 0 Å². The molecule has 0 saturated heterocycles. The molecule has 64 heavy (non-hydrogen) atoms. The van der Waals surface area contributed by atoms with Crippen molar-refractivity contribution in [1.82, 2.24) is 0 Å². The second kappa shape index (κ2) is 17.1. The van der Waals surface area contributed by atoms with Crippen molar-refractivity contribution >= 4 is 55.7 Å². The van der Waals surface area contributed by atoms with Crippen LogP contribution in [0.4, 0.5) is 34.1 Å². The Morgan fingerprint density at radius 1 is 0.172 bits per heavy atom. The van der Waals surface area contributed by atoms with E-state index in [2.05, 4.69) is 277 Å². The maximum absolute atomic E-state index is 2.40. The summed E-state index contributed by atoms with van der Waals surface area (Å²) in [6.07, 6.45) is 0. The van der Waals surface area contributed by atoms with Crippen molar-refractivity contribution in [2.45, 2.75) is 0 Å². The van der Waals surface area contributed by atoms with Gasteiger partial charge >= 0.3 is 0 Å². The van der Waals surface area contributed by atoms with Crippen molar-refractivity contribution in [3.63, 3.8) is 0 Å². The van der Waals surface area contributed by atoms with Gasteiger partial charge in [0.25, 0.3) is 0 Å². The van der Waals surface area contributed by atoms with Crippen molar-refractivity contribution in [2.24, 2.45) is 0 Å². The molecule has 302 valence electrons. The molecule has 0 N–H and O–H groups in total. The molecule has 0 aromatic heterocycles. The predicted molar refractivity (Wildman–Crippen MR) is 273 cm³/mol. The lowest BCUT2D eigenvalue weighted by molar-refractivity contribution is 1.26. The molecule has 0 bridgehead atoms. The van der Waals surface area contributed by atoms with Gasteiger partial charge in [0.05, 0.1) is 0 Å². The molecule has 0 heterocycles. The fourth-order valence-corrected chi connectivity index (χ4v) is 9.23. The van der Waals surface area contributed by atoms with Crippen molar-refractivity contribution < 1.29 is 0 Å². The first-order chi connectivity index (χ1) is 31.8. The number of nitrogens with zero attached hydrogens (tertiary/aromatic N) is 2. The van der Waals surface area contributed by atoms with Gasteiger partial charge in [0.1, 0.15) is 0 Å². The maximum Gasteiger partial charge on any atom is 0.0463 e. The Bertz CT molecular complexity index is 3280. The maximum atomic E-state index is 2.40. The van der Waals surface area contributed by atoms with Crippen LogP contribution in [0.1, 0.15) is 0 Å². The molecule has 0 radical (unpaired) electrons. The Kier molecular flexibility index (Phi) is 10.3. The normalized spacial score (nSPS) is 11.1. The minimum Gasteiger partial charge on any atom is -0.311 e. The van der Waals surface area contributed by atoms with E-state index in [1.165, 1.54) is 60.5 Å². The van der Waals surface area contributed by atoms with E-state index in [1.54, 1.807) is 0 Å². The Morgan fingerprint density at radius 2 is 0.438 bits per heavy atom. The van der Waals surface area contributed by atoms with Crippen LogP contribution >= 0.6 is 0 Å². The summed E-state index contributed by atoms with van der Waals surface area (Å²) in [5.41, 5.74) is 16.2. The number of anilines is 6. The summed E-state index contributed by atoms with van der Waals surface area (Å²) in [7, 11) is 0. The van der Waals surface area contributed by atoms with Crippen LogP contribution in [0.25, 0.3) is 66.1 Å². The van der Waals surface area contributed by atoms with Gasteiger partial charge in [0.15, 0.2) is 0 Å². The zero-order valence-corrected chi connectivity index (χ0v) is 35.3. The second-order valence-electron chi connectivity index (χ2n) is 16.1. The van der Waals surface area contributed by atoms with Crippen LogP contribution in [0.2, 0.25) is 0 Å². The van der Waals surface area contributed by atoms with Gasteiger partial charge in [-0.05, 0) is 145 Å². The molecule has 11 rings (SSSR count). The summed E-state index contributed by atoms with van der Waals surface area (Å²) < 4.78 is 0. The highest BCUT2D eigenvalue weighted by Crippen LogP contribution is 2.45. The number of fused-ring (bicyclic) bond motifs is 2. The van der Waals surface area contributed by atoms with Gasteiger partial charge in [-0.1, -0.05) is 188 Å². The summed E-state index contributed by atoms with van der Waals surface area (Å²) in [5, 5.41) is 5.00. The van der Waals surface area contributed by atoms with Crippen LogP contribution in [-0.4, -0.2) is 0 Å². The van der Waals surface area contributed by atoms with Gasteiger partial charge in [0, 0.05) is 34.1 Å². The molecule has 0 aliphatic heterocycles. The molecule has 0 unspecified atom stereocenters. The van der Waals surface area contributed by atoms with Crippen molar-refractivity contribution in [1.29, 1.82) is 0 Å². The molecule has 0 aliphatic rings. The topological polar surface area (TPSA) is 6.48 Å². The lowest BCUT2D eigenvalue weighted by atomic mass is 9.85. The Morgan fingerprint density at radius 3 is 0.859 bits per heavy atom. The fraction of sp³-hybridized carbons (Fsp3) is 0. The number of rotatable bonds is 10. The van der Waals surface area contributed by atoms with Crippen LogP contribution in [0, 0.1) is 0 Å². The third-order valence-corrected chi connectivity index (χ3v) is 12.2. The zero-order chi connectivity index (χ0) is 42.7.